The maximum Gasteiger partial charge on any atom is 0.138 e. The predicted octanol–water partition coefficient (Wildman–Crippen LogP) is 1.10. The van der Waals surface area contributed by atoms with Gasteiger partial charge < -0.3 is 5.32 Å². The Morgan fingerprint density at radius 3 is 2.94 bits per heavy atom. The van der Waals surface area contributed by atoms with Crippen LogP contribution in [-0.4, -0.2) is 28.7 Å². The minimum atomic E-state index is 0.0426. The normalized spacial score (nSPS) is 21.4. The molecule has 1 fully saturated rings. The van der Waals surface area contributed by atoms with Crippen LogP contribution in [0.3, 0.4) is 0 Å². The van der Waals surface area contributed by atoms with Crippen LogP contribution in [0.15, 0.2) is 0 Å². The molecule has 2 rings (SSSR count). The summed E-state index contributed by atoms with van der Waals surface area (Å²) in [5.74, 6) is 0.370. The van der Waals surface area contributed by atoms with Crippen LogP contribution in [0.5, 0.6) is 0 Å². The number of nitrogens with zero attached hydrogens (tertiary/aromatic N) is 2. The first kappa shape index (κ1) is 11.6. The summed E-state index contributed by atoms with van der Waals surface area (Å²) in [7, 11) is 1.87. The van der Waals surface area contributed by atoms with E-state index < -0.39 is 0 Å². The van der Waals surface area contributed by atoms with Crippen molar-refractivity contribution >= 4 is 17.4 Å². The number of Topliss-reactive ketones (excluding diaryl/α,β-unsaturated/α-hetero) is 1. The predicted molar refractivity (Wildman–Crippen MR) is 62.6 cm³/mol. The number of aromatic nitrogens is 2. The van der Waals surface area contributed by atoms with Crippen molar-refractivity contribution in [2.24, 2.45) is 13.0 Å². The van der Waals surface area contributed by atoms with Gasteiger partial charge in [0.25, 0.3) is 0 Å². The quantitative estimate of drug-likeness (QED) is 0.844. The van der Waals surface area contributed by atoms with Gasteiger partial charge in [-0.3, -0.25) is 9.48 Å². The van der Waals surface area contributed by atoms with Gasteiger partial charge in [0, 0.05) is 38.9 Å². The van der Waals surface area contributed by atoms with Crippen LogP contribution in [0.1, 0.15) is 17.8 Å². The summed E-state index contributed by atoms with van der Waals surface area (Å²) in [4.78, 5) is 11.7. The second kappa shape index (κ2) is 4.55. The van der Waals surface area contributed by atoms with E-state index in [-0.39, 0.29) is 5.92 Å². The molecule has 0 radical (unpaired) electrons. The van der Waals surface area contributed by atoms with E-state index in [0.717, 1.165) is 24.5 Å². The van der Waals surface area contributed by atoms with Gasteiger partial charge in [0.1, 0.15) is 5.78 Å². The van der Waals surface area contributed by atoms with Crippen molar-refractivity contribution in [1.29, 1.82) is 0 Å². The molecule has 1 aliphatic rings. The molecule has 0 aromatic carbocycles. The number of piperidine rings is 1. The smallest absolute Gasteiger partial charge is 0.138 e. The maximum atomic E-state index is 11.7. The Morgan fingerprint density at radius 1 is 1.62 bits per heavy atom. The van der Waals surface area contributed by atoms with Gasteiger partial charge in [-0.15, -0.1) is 0 Å². The first-order valence-electron chi connectivity index (χ1n) is 5.51. The molecule has 0 bridgehead atoms. The molecule has 88 valence electrons. The number of carbonyl (C=O) groups excluding carboxylic acids is 1. The molecule has 2 heterocycles. The number of halogens is 1. The molecule has 1 N–H and O–H groups in total. The second-order valence-corrected chi connectivity index (χ2v) is 4.67. The van der Waals surface area contributed by atoms with Crippen LogP contribution in [0.4, 0.5) is 0 Å². The van der Waals surface area contributed by atoms with E-state index in [2.05, 4.69) is 10.4 Å². The monoisotopic (exact) mass is 241 g/mol. The Labute approximate surface area is 100.0 Å². The zero-order valence-corrected chi connectivity index (χ0v) is 10.3. The lowest BCUT2D eigenvalue weighted by molar-refractivity contribution is -0.123. The Morgan fingerprint density at radius 2 is 2.38 bits per heavy atom. The first-order valence-corrected chi connectivity index (χ1v) is 5.88. The molecule has 4 nitrogen and oxygen atoms in total. The summed E-state index contributed by atoms with van der Waals surface area (Å²) in [6.45, 7) is 3.43. The summed E-state index contributed by atoms with van der Waals surface area (Å²) in [5.41, 5.74) is 1.79. The molecule has 0 aliphatic carbocycles. The highest BCUT2D eigenvalue weighted by Crippen LogP contribution is 2.23. The topological polar surface area (TPSA) is 46.9 Å². The molecule has 1 aromatic heterocycles. The molecule has 16 heavy (non-hydrogen) atoms. The highest BCUT2D eigenvalue weighted by atomic mass is 35.5. The average Bonchev–Trinajstić information content (AvgIpc) is 2.48. The van der Waals surface area contributed by atoms with Crippen molar-refractivity contribution in [3.8, 4) is 0 Å². The van der Waals surface area contributed by atoms with E-state index >= 15 is 0 Å². The third-order valence-electron chi connectivity index (χ3n) is 3.10. The van der Waals surface area contributed by atoms with Gasteiger partial charge in [-0.1, -0.05) is 11.6 Å². The van der Waals surface area contributed by atoms with Crippen molar-refractivity contribution in [2.45, 2.75) is 19.8 Å². The van der Waals surface area contributed by atoms with Crippen molar-refractivity contribution in [3.63, 3.8) is 0 Å². The summed E-state index contributed by atoms with van der Waals surface area (Å²) >= 11 is 6.17. The largest absolute Gasteiger partial charge is 0.316 e. The fourth-order valence-electron chi connectivity index (χ4n) is 2.13. The van der Waals surface area contributed by atoms with Gasteiger partial charge in [0.2, 0.25) is 0 Å². The molecule has 0 amide bonds. The van der Waals surface area contributed by atoms with Crippen LogP contribution in [-0.2, 0) is 18.3 Å². The van der Waals surface area contributed by atoms with Crippen LogP contribution < -0.4 is 5.32 Å². The Kier molecular flexibility index (Phi) is 3.30. The van der Waals surface area contributed by atoms with Crippen molar-refractivity contribution < 1.29 is 4.79 Å². The average molecular weight is 242 g/mol. The lowest BCUT2D eigenvalue weighted by Crippen LogP contribution is -2.38. The van der Waals surface area contributed by atoms with E-state index in [1.165, 1.54) is 0 Å². The number of carbonyl (C=O) groups is 1. The zero-order valence-electron chi connectivity index (χ0n) is 9.59. The van der Waals surface area contributed by atoms with Crippen LogP contribution in [0.25, 0.3) is 0 Å². The first-order chi connectivity index (χ1) is 7.59. The molecule has 5 heteroatoms. The number of ketones is 1. The molecule has 1 atom stereocenters. The summed E-state index contributed by atoms with van der Waals surface area (Å²) < 4.78 is 1.78. The number of rotatable bonds is 2. The maximum absolute atomic E-state index is 11.7. The SMILES string of the molecule is Cc1nn(C)c(CC2CNCCC2=O)c1Cl. The van der Waals surface area contributed by atoms with Gasteiger partial charge in [0.05, 0.1) is 16.4 Å². The standard InChI is InChI=1S/C11H16ClN3O/c1-7-11(12)9(15(2)14-7)5-8-6-13-4-3-10(8)16/h8,13H,3-6H2,1-2H3. The van der Waals surface area contributed by atoms with Crippen LogP contribution in [0.2, 0.25) is 5.02 Å². The third kappa shape index (κ3) is 2.13. The molecule has 1 saturated heterocycles. The Balaban J connectivity index is 2.16. The number of hydrogen-bond acceptors (Lipinski definition) is 3. The second-order valence-electron chi connectivity index (χ2n) is 4.29. The third-order valence-corrected chi connectivity index (χ3v) is 3.59. The lowest BCUT2D eigenvalue weighted by Gasteiger charge is -2.21. The van der Waals surface area contributed by atoms with E-state index in [4.69, 9.17) is 11.6 Å². The summed E-state index contributed by atoms with van der Waals surface area (Å²) in [6.07, 6.45) is 1.31. The van der Waals surface area contributed by atoms with Gasteiger partial charge in [-0.05, 0) is 6.92 Å². The van der Waals surface area contributed by atoms with Gasteiger partial charge in [-0.2, -0.15) is 5.10 Å². The van der Waals surface area contributed by atoms with Crippen molar-refractivity contribution in [3.05, 3.63) is 16.4 Å². The molecule has 1 aromatic rings. The van der Waals surface area contributed by atoms with Crippen LogP contribution >= 0.6 is 11.6 Å². The number of aryl methyl sites for hydroxylation is 2. The highest BCUT2D eigenvalue weighted by Gasteiger charge is 2.25. The number of hydrogen-bond donors (Lipinski definition) is 1. The molecular weight excluding hydrogens is 226 g/mol. The fourth-order valence-corrected chi connectivity index (χ4v) is 2.36. The van der Waals surface area contributed by atoms with Crippen molar-refractivity contribution in [1.82, 2.24) is 15.1 Å². The minimum absolute atomic E-state index is 0.0426. The minimum Gasteiger partial charge on any atom is -0.316 e. The summed E-state index contributed by atoms with van der Waals surface area (Å²) in [6, 6.07) is 0. The Hall–Kier alpha value is -0.870. The van der Waals surface area contributed by atoms with Gasteiger partial charge in [-0.25, -0.2) is 0 Å². The summed E-state index contributed by atoms with van der Waals surface area (Å²) in [5, 5.41) is 8.19. The van der Waals surface area contributed by atoms with Crippen molar-refractivity contribution in [2.75, 3.05) is 13.1 Å². The lowest BCUT2D eigenvalue weighted by atomic mass is 9.93. The van der Waals surface area contributed by atoms with Gasteiger partial charge >= 0.3 is 0 Å². The van der Waals surface area contributed by atoms with Crippen LogP contribution in [0, 0.1) is 12.8 Å². The van der Waals surface area contributed by atoms with E-state index in [1.807, 2.05) is 14.0 Å². The number of nitrogens with one attached hydrogen (secondary N) is 1. The molecule has 1 aliphatic heterocycles. The molecule has 1 unspecified atom stereocenters. The highest BCUT2D eigenvalue weighted by molar-refractivity contribution is 6.31. The van der Waals surface area contributed by atoms with Gasteiger partial charge in [0.15, 0.2) is 0 Å². The molecule has 0 saturated carbocycles. The van der Waals surface area contributed by atoms with E-state index in [0.29, 0.717) is 23.6 Å². The molecular formula is C11H16ClN3O. The molecule has 0 spiro atoms. The van der Waals surface area contributed by atoms with E-state index in [9.17, 15) is 4.79 Å². The Bertz CT molecular complexity index is 414. The van der Waals surface area contributed by atoms with E-state index in [1.54, 1.807) is 4.68 Å². The zero-order chi connectivity index (χ0) is 11.7. The fraction of sp³-hybridized carbons (Fsp3) is 0.636.